The molecule has 1 saturated heterocycles. The van der Waals surface area contributed by atoms with E-state index in [1.165, 1.54) is 0 Å². The Morgan fingerprint density at radius 1 is 1.50 bits per heavy atom. The lowest BCUT2D eigenvalue weighted by molar-refractivity contribution is -0.175. The molecule has 0 aromatic rings. The summed E-state index contributed by atoms with van der Waals surface area (Å²) in [6.45, 7) is 6.90. The number of esters is 1. The smallest absolute Gasteiger partial charge is 0.338 e. The average Bonchev–Trinajstić information content (AvgIpc) is 2.57. The van der Waals surface area contributed by atoms with Crippen molar-refractivity contribution in [1.29, 1.82) is 0 Å². The molecule has 16 heavy (non-hydrogen) atoms. The van der Waals surface area contributed by atoms with Crippen LogP contribution >= 0.6 is 0 Å². The van der Waals surface area contributed by atoms with E-state index in [1.807, 2.05) is 0 Å². The second-order valence-corrected chi connectivity index (χ2v) is 4.22. The third kappa shape index (κ3) is 3.28. The van der Waals surface area contributed by atoms with Gasteiger partial charge < -0.3 is 14.2 Å². The van der Waals surface area contributed by atoms with Crippen LogP contribution in [0.1, 0.15) is 34.1 Å². The lowest BCUT2D eigenvalue weighted by Gasteiger charge is -2.17. The van der Waals surface area contributed by atoms with E-state index in [0.717, 1.165) is 0 Å². The monoisotopic (exact) mass is 230 g/mol. The molecule has 0 bridgehead atoms. The highest BCUT2D eigenvalue weighted by molar-refractivity contribution is 5.85. The second-order valence-electron chi connectivity index (χ2n) is 4.22. The van der Waals surface area contributed by atoms with E-state index in [-0.39, 0.29) is 12.4 Å². The van der Waals surface area contributed by atoms with E-state index in [2.05, 4.69) is 0 Å². The summed E-state index contributed by atoms with van der Waals surface area (Å²) in [6.07, 6.45) is -1.10. The van der Waals surface area contributed by atoms with E-state index < -0.39 is 24.0 Å². The molecular formula is C11H18O5. The van der Waals surface area contributed by atoms with Crippen molar-refractivity contribution in [1.82, 2.24) is 0 Å². The van der Waals surface area contributed by atoms with E-state index >= 15 is 0 Å². The number of ketones is 1. The van der Waals surface area contributed by atoms with Gasteiger partial charge in [-0.15, -0.1) is 0 Å². The van der Waals surface area contributed by atoms with Gasteiger partial charge in [-0.25, -0.2) is 4.79 Å². The van der Waals surface area contributed by atoms with Crippen LogP contribution in [0.3, 0.4) is 0 Å². The number of carbonyl (C=O) groups is 2. The molecule has 0 spiro atoms. The van der Waals surface area contributed by atoms with Gasteiger partial charge >= 0.3 is 5.97 Å². The standard InChI is InChI=1S/C11H18O5/c1-5-8(12)7(2)15-10(13)9-6-14-11(3,4)16-9/h7,9H,5-6H2,1-4H3. The van der Waals surface area contributed by atoms with Gasteiger partial charge in [-0.2, -0.15) is 0 Å². The Morgan fingerprint density at radius 2 is 2.12 bits per heavy atom. The molecule has 0 aromatic heterocycles. The maximum absolute atomic E-state index is 11.6. The zero-order valence-corrected chi connectivity index (χ0v) is 10.1. The Kier molecular flexibility index (Phi) is 4.04. The molecule has 0 saturated carbocycles. The van der Waals surface area contributed by atoms with Gasteiger partial charge in [0.1, 0.15) is 0 Å². The van der Waals surface area contributed by atoms with Gasteiger partial charge in [-0.1, -0.05) is 6.92 Å². The van der Waals surface area contributed by atoms with E-state index in [0.29, 0.717) is 6.42 Å². The zero-order chi connectivity index (χ0) is 12.3. The third-order valence-corrected chi connectivity index (χ3v) is 2.37. The minimum Gasteiger partial charge on any atom is -0.453 e. The van der Waals surface area contributed by atoms with Gasteiger partial charge in [0.15, 0.2) is 23.8 Å². The number of hydrogen-bond acceptors (Lipinski definition) is 5. The van der Waals surface area contributed by atoms with Crippen molar-refractivity contribution in [3.8, 4) is 0 Å². The molecule has 2 unspecified atom stereocenters. The second kappa shape index (κ2) is 4.93. The number of Topliss-reactive ketones (excluding diaryl/α,β-unsaturated/α-hetero) is 1. The topological polar surface area (TPSA) is 61.8 Å². The van der Waals surface area contributed by atoms with E-state index in [1.54, 1.807) is 27.7 Å². The molecule has 1 aliphatic heterocycles. The Balaban J connectivity index is 2.45. The summed E-state index contributed by atoms with van der Waals surface area (Å²) in [6, 6.07) is 0. The molecule has 1 aliphatic rings. The van der Waals surface area contributed by atoms with Gasteiger partial charge in [-0.3, -0.25) is 4.79 Å². The van der Waals surface area contributed by atoms with Crippen LogP contribution in [0.25, 0.3) is 0 Å². The summed E-state index contributed by atoms with van der Waals surface area (Å²) in [5.74, 6) is -1.41. The molecule has 0 amide bonds. The van der Waals surface area contributed by atoms with Crippen LogP contribution < -0.4 is 0 Å². The Bertz CT molecular complexity index is 284. The fourth-order valence-corrected chi connectivity index (χ4v) is 1.41. The molecular weight excluding hydrogens is 212 g/mol. The molecule has 0 radical (unpaired) electrons. The molecule has 1 rings (SSSR count). The highest BCUT2D eigenvalue weighted by atomic mass is 16.8. The number of ether oxygens (including phenoxy) is 3. The van der Waals surface area contributed by atoms with Crippen molar-refractivity contribution in [3.63, 3.8) is 0 Å². The molecule has 92 valence electrons. The van der Waals surface area contributed by atoms with Crippen LogP contribution in [0.2, 0.25) is 0 Å². The lowest BCUT2D eigenvalue weighted by Crippen LogP contribution is -2.33. The van der Waals surface area contributed by atoms with Gasteiger partial charge in [-0.05, 0) is 20.8 Å². The van der Waals surface area contributed by atoms with Crippen molar-refractivity contribution in [2.45, 2.75) is 52.1 Å². The normalized spacial score (nSPS) is 25.1. The third-order valence-electron chi connectivity index (χ3n) is 2.37. The minimum atomic E-state index is -0.762. The van der Waals surface area contributed by atoms with Crippen LogP contribution in [-0.4, -0.2) is 36.4 Å². The van der Waals surface area contributed by atoms with Crippen molar-refractivity contribution in [2.75, 3.05) is 6.61 Å². The van der Waals surface area contributed by atoms with Crippen molar-refractivity contribution in [2.24, 2.45) is 0 Å². The van der Waals surface area contributed by atoms with Crippen molar-refractivity contribution < 1.29 is 23.8 Å². The first-order valence-electron chi connectivity index (χ1n) is 5.40. The van der Waals surface area contributed by atoms with Crippen molar-refractivity contribution in [3.05, 3.63) is 0 Å². The fraction of sp³-hybridized carbons (Fsp3) is 0.818. The quantitative estimate of drug-likeness (QED) is 0.675. The molecule has 1 fully saturated rings. The van der Waals surface area contributed by atoms with Crippen LogP contribution in [0.5, 0.6) is 0 Å². The SMILES string of the molecule is CCC(=O)C(C)OC(=O)C1COC(C)(C)O1. The number of rotatable bonds is 4. The van der Waals surface area contributed by atoms with Crippen LogP contribution in [0.15, 0.2) is 0 Å². The van der Waals surface area contributed by atoms with Gasteiger partial charge in [0.2, 0.25) is 0 Å². The summed E-state index contributed by atoms with van der Waals surface area (Å²) < 4.78 is 15.5. The summed E-state index contributed by atoms with van der Waals surface area (Å²) in [4.78, 5) is 22.8. The molecule has 0 aromatic carbocycles. The minimum absolute atomic E-state index is 0.105. The van der Waals surface area contributed by atoms with Gasteiger partial charge in [0, 0.05) is 6.42 Å². The maximum Gasteiger partial charge on any atom is 0.338 e. The van der Waals surface area contributed by atoms with Crippen LogP contribution in [0, 0.1) is 0 Å². The van der Waals surface area contributed by atoms with Crippen molar-refractivity contribution >= 4 is 11.8 Å². The average molecular weight is 230 g/mol. The predicted octanol–water partition coefficient (Wildman–Crippen LogP) is 1.05. The Hall–Kier alpha value is -0.940. The lowest BCUT2D eigenvalue weighted by atomic mass is 10.2. The first-order valence-corrected chi connectivity index (χ1v) is 5.40. The molecule has 1 heterocycles. The summed E-state index contributed by atoms with van der Waals surface area (Å²) >= 11 is 0. The van der Waals surface area contributed by atoms with E-state index in [9.17, 15) is 9.59 Å². The first kappa shape index (κ1) is 13.1. The van der Waals surface area contributed by atoms with Crippen LogP contribution in [0.4, 0.5) is 0 Å². The maximum atomic E-state index is 11.6. The summed E-state index contributed by atoms with van der Waals surface area (Å²) in [7, 11) is 0. The molecule has 5 nitrogen and oxygen atoms in total. The largest absolute Gasteiger partial charge is 0.453 e. The highest BCUT2D eigenvalue weighted by Gasteiger charge is 2.38. The van der Waals surface area contributed by atoms with Crippen LogP contribution in [-0.2, 0) is 23.8 Å². The highest BCUT2D eigenvalue weighted by Crippen LogP contribution is 2.23. The molecule has 5 heteroatoms. The number of hydrogen-bond donors (Lipinski definition) is 0. The van der Waals surface area contributed by atoms with Gasteiger partial charge in [0.05, 0.1) is 6.61 Å². The Morgan fingerprint density at radius 3 is 2.56 bits per heavy atom. The van der Waals surface area contributed by atoms with Gasteiger partial charge in [0.25, 0.3) is 0 Å². The molecule has 0 N–H and O–H groups in total. The zero-order valence-electron chi connectivity index (χ0n) is 10.1. The predicted molar refractivity (Wildman–Crippen MR) is 55.8 cm³/mol. The summed E-state index contributed by atoms with van der Waals surface area (Å²) in [5.41, 5.74) is 0. The fourth-order valence-electron chi connectivity index (χ4n) is 1.41. The van der Waals surface area contributed by atoms with E-state index in [4.69, 9.17) is 14.2 Å². The first-order chi connectivity index (χ1) is 7.35. The molecule has 2 atom stereocenters. The Labute approximate surface area is 95.0 Å². The number of carbonyl (C=O) groups excluding carboxylic acids is 2. The summed E-state index contributed by atoms with van der Waals surface area (Å²) in [5, 5.41) is 0. The molecule has 0 aliphatic carbocycles.